The lowest BCUT2D eigenvalue weighted by molar-refractivity contribution is 0.0405. The lowest BCUT2D eigenvalue weighted by atomic mass is 9.98. The van der Waals surface area contributed by atoms with Gasteiger partial charge in [-0.05, 0) is 32.2 Å². The zero-order valence-electron chi connectivity index (χ0n) is 10.9. The molecule has 2 saturated heterocycles. The summed E-state index contributed by atoms with van der Waals surface area (Å²) in [5.41, 5.74) is 6.23. The summed E-state index contributed by atoms with van der Waals surface area (Å²) in [4.78, 5) is 2.36. The van der Waals surface area contributed by atoms with Crippen molar-refractivity contribution >= 4 is 0 Å². The quantitative estimate of drug-likeness (QED) is 0.771. The van der Waals surface area contributed by atoms with E-state index in [-0.39, 0.29) is 6.04 Å². The van der Waals surface area contributed by atoms with Crippen LogP contribution in [0.15, 0.2) is 0 Å². The highest BCUT2D eigenvalue weighted by molar-refractivity contribution is 4.79. The van der Waals surface area contributed by atoms with Gasteiger partial charge in [-0.15, -0.1) is 0 Å². The average molecular weight is 242 g/mol. The van der Waals surface area contributed by atoms with Crippen molar-refractivity contribution in [1.29, 1.82) is 0 Å². The highest BCUT2D eigenvalue weighted by atomic mass is 16.5. The van der Waals surface area contributed by atoms with E-state index in [1.54, 1.807) is 0 Å². The van der Waals surface area contributed by atoms with Crippen LogP contribution in [0.1, 0.15) is 19.3 Å². The van der Waals surface area contributed by atoms with Gasteiger partial charge in [0.15, 0.2) is 0 Å². The maximum absolute atomic E-state index is 6.23. The van der Waals surface area contributed by atoms with Crippen LogP contribution in [0, 0.1) is 11.8 Å². The fourth-order valence-corrected chi connectivity index (χ4v) is 2.87. The first-order valence-electron chi connectivity index (χ1n) is 6.85. The Balaban J connectivity index is 1.66. The second kappa shape index (κ2) is 6.69. The monoisotopic (exact) mass is 242 g/mol. The lowest BCUT2D eigenvalue weighted by Gasteiger charge is -2.29. The van der Waals surface area contributed by atoms with Gasteiger partial charge in [-0.3, -0.25) is 0 Å². The zero-order valence-corrected chi connectivity index (χ0v) is 10.9. The number of rotatable bonds is 5. The van der Waals surface area contributed by atoms with E-state index in [0.29, 0.717) is 11.8 Å². The molecule has 17 heavy (non-hydrogen) atoms. The fraction of sp³-hybridized carbons (Fsp3) is 1.00. The molecule has 100 valence electrons. The third-order valence-corrected chi connectivity index (χ3v) is 3.92. The Morgan fingerprint density at radius 1 is 1.24 bits per heavy atom. The summed E-state index contributed by atoms with van der Waals surface area (Å²) < 4.78 is 10.9. The minimum absolute atomic E-state index is 0.256. The van der Waals surface area contributed by atoms with E-state index in [1.165, 1.54) is 12.8 Å². The molecule has 2 heterocycles. The van der Waals surface area contributed by atoms with E-state index in [0.717, 1.165) is 45.9 Å². The van der Waals surface area contributed by atoms with E-state index >= 15 is 0 Å². The molecule has 0 aromatic heterocycles. The molecule has 0 aromatic carbocycles. The van der Waals surface area contributed by atoms with E-state index in [9.17, 15) is 0 Å². The van der Waals surface area contributed by atoms with Gasteiger partial charge in [0.1, 0.15) is 0 Å². The molecule has 0 saturated carbocycles. The standard InChI is InChI=1S/C13H26N2O2/c1-15(7-11-3-2-5-16-9-11)8-13(14)12-4-6-17-10-12/h11-13H,2-10,14H2,1H3. The van der Waals surface area contributed by atoms with Gasteiger partial charge in [-0.1, -0.05) is 0 Å². The van der Waals surface area contributed by atoms with E-state index in [1.807, 2.05) is 0 Å². The Morgan fingerprint density at radius 2 is 2.06 bits per heavy atom. The number of nitrogens with two attached hydrogens (primary N) is 1. The SMILES string of the molecule is CN(CC1CCCOC1)CC(N)C1CCOC1. The molecule has 0 spiro atoms. The summed E-state index contributed by atoms with van der Waals surface area (Å²) in [7, 11) is 2.17. The molecule has 2 rings (SSSR count). The molecule has 3 unspecified atom stereocenters. The number of likely N-dealkylation sites (N-methyl/N-ethyl adjacent to an activating group) is 1. The summed E-state index contributed by atoms with van der Waals surface area (Å²) in [6.07, 6.45) is 3.63. The Morgan fingerprint density at radius 3 is 2.71 bits per heavy atom. The Bertz CT molecular complexity index is 213. The van der Waals surface area contributed by atoms with Crippen molar-refractivity contribution in [3.8, 4) is 0 Å². The van der Waals surface area contributed by atoms with Crippen molar-refractivity contribution in [3.05, 3.63) is 0 Å². The molecule has 2 aliphatic heterocycles. The van der Waals surface area contributed by atoms with Crippen LogP contribution in [0.25, 0.3) is 0 Å². The van der Waals surface area contributed by atoms with E-state index < -0.39 is 0 Å². The van der Waals surface area contributed by atoms with Gasteiger partial charge in [-0.25, -0.2) is 0 Å². The molecule has 0 aromatic rings. The van der Waals surface area contributed by atoms with Crippen LogP contribution < -0.4 is 5.73 Å². The number of nitrogens with zero attached hydrogens (tertiary/aromatic N) is 1. The topological polar surface area (TPSA) is 47.7 Å². The van der Waals surface area contributed by atoms with Gasteiger partial charge in [-0.2, -0.15) is 0 Å². The highest BCUT2D eigenvalue weighted by Crippen LogP contribution is 2.18. The molecule has 3 atom stereocenters. The van der Waals surface area contributed by atoms with Crippen LogP contribution in [-0.4, -0.2) is 57.5 Å². The summed E-state index contributed by atoms with van der Waals surface area (Å²) >= 11 is 0. The number of hydrogen-bond acceptors (Lipinski definition) is 4. The zero-order chi connectivity index (χ0) is 12.1. The van der Waals surface area contributed by atoms with Gasteiger partial charge >= 0.3 is 0 Å². The third kappa shape index (κ3) is 4.21. The second-order valence-corrected chi connectivity index (χ2v) is 5.59. The molecule has 4 nitrogen and oxygen atoms in total. The van der Waals surface area contributed by atoms with Gasteiger partial charge in [0.2, 0.25) is 0 Å². The van der Waals surface area contributed by atoms with Gasteiger partial charge in [0.05, 0.1) is 13.2 Å². The van der Waals surface area contributed by atoms with Gasteiger partial charge in [0.25, 0.3) is 0 Å². The molecule has 4 heteroatoms. The van der Waals surface area contributed by atoms with Crippen LogP contribution in [0.4, 0.5) is 0 Å². The van der Waals surface area contributed by atoms with Crippen molar-refractivity contribution in [2.24, 2.45) is 17.6 Å². The maximum atomic E-state index is 6.23. The van der Waals surface area contributed by atoms with Crippen molar-refractivity contribution in [1.82, 2.24) is 4.90 Å². The Labute approximate surface area is 104 Å². The van der Waals surface area contributed by atoms with Crippen LogP contribution in [-0.2, 0) is 9.47 Å². The molecule has 2 fully saturated rings. The second-order valence-electron chi connectivity index (χ2n) is 5.59. The molecule has 0 amide bonds. The third-order valence-electron chi connectivity index (χ3n) is 3.92. The number of hydrogen-bond donors (Lipinski definition) is 1. The molecule has 0 aliphatic carbocycles. The van der Waals surface area contributed by atoms with Crippen molar-refractivity contribution < 1.29 is 9.47 Å². The Kier molecular flexibility index (Phi) is 5.22. The largest absolute Gasteiger partial charge is 0.381 e. The van der Waals surface area contributed by atoms with Crippen molar-refractivity contribution in [2.45, 2.75) is 25.3 Å². The van der Waals surface area contributed by atoms with Crippen LogP contribution in [0.2, 0.25) is 0 Å². The average Bonchev–Trinajstić information content (AvgIpc) is 2.83. The smallest absolute Gasteiger partial charge is 0.0510 e. The minimum Gasteiger partial charge on any atom is -0.381 e. The lowest BCUT2D eigenvalue weighted by Crippen LogP contribution is -2.43. The van der Waals surface area contributed by atoms with Crippen LogP contribution in [0.3, 0.4) is 0 Å². The van der Waals surface area contributed by atoms with E-state index in [4.69, 9.17) is 15.2 Å². The van der Waals surface area contributed by atoms with Crippen molar-refractivity contribution in [2.75, 3.05) is 46.6 Å². The van der Waals surface area contributed by atoms with Crippen LogP contribution in [0.5, 0.6) is 0 Å². The predicted molar refractivity (Wildman–Crippen MR) is 67.9 cm³/mol. The first-order chi connectivity index (χ1) is 8.25. The van der Waals surface area contributed by atoms with E-state index in [2.05, 4.69) is 11.9 Å². The van der Waals surface area contributed by atoms with Gasteiger partial charge in [0, 0.05) is 38.3 Å². The maximum Gasteiger partial charge on any atom is 0.0510 e. The molecule has 0 bridgehead atoms. The summed E-state index contributed by atoms with van der Waals surface area (Å²) in [6.45, 7) is 5.69. The van der Waals surface area contributed by atoms with Crippen LogP contribution >= 0.6 is 0 Å². The first-order valence-corrected chi connectivity index (χ1v) is 6.85. The molecular formula is C13H26N2O2. The Hall–Kier alpha value is -0.160. The van der Waals surface area contributed by atoms with Gasteiger partial charge < -0.3 is 20.1 Å². The molecule has 2 N–H and O–H groups in total. The highest BCUT2D eigenvalue weighted by Gasteiger charge is 2.24. The summed E-state index contributed by atoms with van der Waals surface area (Å²) in [5.74, 6) is 1.25. The summed E-state index contributed by atoms with van der Waals surface area (Å²) in [5, 5.41) is 0. The molecule has 0 radical (unpaired) electrons. The number of ether oxygens (including phenoxy) is 2. The van der Waals surface area contributed by atoms with Crippen molar-refractivity contribution in [3.63, 3.8) is 0 Å². The fourth-order valence-electron chi connectivity index (χ4n) is 2.87. The summed E-state index contributed by atoms with van der Waals surface area (Å²) in [6, 6.07) is 0.256. The first kappa shape index (κ1) is 13.3. The normalized spacial score (nSPS) is 31.9. The molecular weight excluding hydrogens is 216 g/mol. The molecule has 2 aliphatic rings. The minimum atomic E-state index is 0.256. The predicted octanol–water partition coefficient (Wildman–Crippen LogP) is 0.709.